The predicted octanol–water partition coefficient (Wildman–Crippen LogP) is 3.25. The van der Waals surface area contributed by atoms with Crippen LogP contribution in [-0.4, -0.2) is 23.5 Å². The molecule has 136 valence electrons. The Balaban J connectivity index is 1.92. The molecule has 0 spiro atoms. The fourth-order valence-electron chi connectivity index (χ4n) is 2.37. The zero-order valence-electron chi connectivity index (χ0n) is 14.7. The van der Waals surface area contributed by atoms with Crippen LogP contribution in [0.5, 0.6) is 5.75 Å². The third-order valence-corrected chi connectivity index (χ3v) is 3.69. The average molecular weight is 357 g/mol. The number of imide groups is 1. The summed E-state index contributed by atoms with van der Waals surface area (Å²) in [4.78, 5) is 34.1. The topological polar surface area (TPSA) is 111 Å². The summed E-state index contributed by atoms with van der Waals surface area (Å²) in [6.45, 7) is 4.87. The molecule has 26 heavy (non-hydrogen) atoms. The van der Waals surface area contributed by atoms with Crippen LogP contribution in [0.25, 0.3) is 0 Å². The monoisotopic (exact) mass is 357 g/mol. The number of urea groups is 1. The minimum absolute atomic E-state index is 0.101. The number of carbonyl (C=O) groups is 2. The lowest BCUT2D eigenvalue weighted by atomic mass is 10.1. The van der Waals surface area contributed by atoms with Crippen LogP contribution < -0.4 is 15.4 Å². The van der Waals surface area contributed by atoms with E-state index < -0.39 is 23.5 Å². The minimum atomic E-state index is -0.679. The normalized spacial score (nSPS) is 10.1. The highest BCUT2D eigenvalue weighted by Crippen LogP contribution is 2.26. The number of hydrogen-bond acceptors (Lipinski definition) is 5. The number of hydrogen-bond donors (Lipinski definition) is 2. The fraction of sp³-hybridized carbons (Fsp3) is 0.222. The van der Waals surface area contributed by atoms with Gasteiger partial charge in [-0.25, -0.2) is 4.79 Å². The maximum absolute atomic E-state index is 11.9. The van der Waals surface area contributed by atoms with Gasteiger partial charge in [-0.05, 0) is 38.5 Å². The molecule has 0 fully saturated rings. The second kappa shape index (κ2) is 8.11. The van der Waals surface area contributed by atoms with Crippen molar-refractivity contribution in [2.75, 3.05) is 11.9 Å². The minimum Gasteiger partial charge on any atom is -0.483 e. The van der Waals surface area contributed by atoms with Gasteiger partial charge in [-0.3, -0.25) is 20.2 Å². The lowest BCUT2D eigenvalue weighted by molar-refractivity contribution is -0.385. The zero-order chi connectivity index (χ0) is 19.3. The number of rotatable bonds is 5. The van der Waals surface area contributed by atoms with Crippen LogP contribution in [-0.2, 0) is 4.79 Å². The van der Waals surface area contributed by atoms with Crippen LogP contribution in [0, 0.1) is 30.9 Å². The van der Waals surface area contributed by atoms with Crippen molar-refractivity contribution < 1.29 is 19.2 Å². The molecule has 8 nitrogen and oxygen atoms in total. The quantitative estimate of drug-likeness (QED) is 0.630. The molecule has 0 aliphatic heterocycles. The Kier molecular flexibility index (Phi) is 5.90. The molecule has 0 saturated heterocycles. The van der Waals surface area contributed by atoms with E-state index >= 15 is 0 Å². The first-order valence-corrected chi connectivity index (χ1v) is 7.83. The average Bonchev–Trinajstić information content (AvgIpc) is 2.56. The molecule has 0 aromatic heterocycles. The van der Waals surface area contributed by atoms with Gasteiger partial charge in [0.15, 0.2) is 6.61 Å². The van der Waals surface area contributed by atoms with Crippen molar-refractivity contribution in [3.63, 3.8) is 0 Å². The van der Waals surface area contributed by atoms with Crippen molar-refractivity contribution in [2.45, 2.75) is 20.8 Å². The van der Waals surface area contributed by atoms with Gasteiger partial charge < -0.3 is 10.1 Å². The second-order valence-corrected chi connectivity index (χ2v) is 5.77. The van der Waals surface area contributed by atoms with Gasteiger partial charge in [-0.15, -0.1) is 0 Å². The summed E-state index contributed by atoms with van der Waals surface area (Å²) in [5, 5.41) is 15.6. The van der Waals surface area contributed by atoms with Gasteiger partial charge in [0.05, 0.1) is 10.5 Å². The molecule has 0 aliphatic carbocycles. The lowest BCUT2D eigenvalue weighted by Crippen LogP contribution is -2.37. The first kappa shape index (κ1) is 18.9. The highest BCUT2D eigenvalue weighted by molar-refractivity contribution is 6.01. The van der Waals surface area contributed by atoms with E-state index in [1.807, 2.05) is 26.0 Å². The van der Waals surface area contributed by atoms with Crippen LogP contribution in [0.3, 0.4) is 0 Å². The lowest BCUT2D eigenvalue weighted by Gasteiger charge is -2.11. The number of aryl methyl sites for hydroxylation is 2. The van der Waals surface area contributed by atoms with Crippen molar-refractivity contribution in [1.29, 1.82) is 0 Å². The summed E-state index contributed by atoms with van der Waals surface area (Å²) in [5.74, 6) is -0.456. The Morgan fingerprint density at radius 3 is 2.54 bits per heavy atom. The number of nitro groups is 1. The first-order chi connectivity index (χ1) is 12.3. The van der Waals surface area contributed by atoms with Gasteiger partial charge in [0.25, 0.3) is 11.6 Å². The SMILES string of the molecule is Cc1ccc(NC(=O)NC(=O)COc2cccc([N+](=O)[O-])c2C)c(C)c1. The summed E-state index contributed by atoms with van der Waals surface area (Å²) in [6, 6.07) is 9.15. The molecule has 2 aromatic carbocycles. The van der Waals surface area contributed by atoms with Gasteiger partial charge in [0, 0.05) is 11.8 Å². The van der Waals surface area contributed by atoms with E-state index in [1.54, 1.807) is 6.07 Å². The zero-order valence-corrected chi connectivity index (χ0v) is 14.7. The van der Waals surface area contributed by atoms with Crippen molar-refractivity contribution in [1.82, 2.24) is 5.32 Å². The number of benzene rings is 2. The third-order valence-electron chi connectivity index (χ3n) is 3.69. The van der Waals surface area contributed by atoms with Gasteiger partial charge >= 0.3 is 6.03 Å². The third kappa shape index (κ3) is 4.79. The largest absolute Gasteiger partial charge is 0.483 e. The van der Waals surface area contributed by atoms with Crippen molar-refractivity contribution in [3.8, 4) is 5.75 Å². The van der Waals surface area contributed by atoms with E-state index in [2.05, 4.69) is 10.6 Å². The van der Waals surface area contributed by atoms with E-state index in [4.69, 9.17) is 4.74 Å². The van der Waals surface area contributed by atoms with E-state index in [-0.39, 0.29) is 11.4 Å². The summed E-state index contributed by atoms with van der Waals surface area (Å²) in [7, 11) is 0. The molecular weight excluding hydrogens is 338 g/mol. The van der Waals surface area contributed by atoms with E-state index in [0.29, 0.717) is 11.3 Å². The van der Waals surface area contributed by atoms with Gasteiger partial charge in [0.1, 0.15) is 5.75 Å². The van der Waals surface area contributed by atoms with Crippen LogP contribution >= 0.6 is 0 Å². The summed E-state index contributed by atoms with van der Waals surface area (Å²) in [6.07, 6.45) is 0. The Labute approximate surface area is 150 Å². The Morgan fingerprint density at radius 2 is 1.88 bits per heavy atom. The number of carbonyl (C=O) groups excluding carboxylic acids is 2. The Morgan fingerprint density at radius 1 is 1.15 bits per heavy atom. The molecular formula is C18H19N3O5. The summed E-state index contributed by atoms with van der Waals surface area (Å²) in [5.41, 5.74) is 2.73. The maximum atomic E-state index is 11.9. The number of anilines is 1. The second-order valence-electron chi connectivity index (χ2n) is 5.77. The summed E-state index contributed by atoms with van der Waals surface area (Å²) >= 11 is 0. The van der Waals surface area contributed by atoms with Crippen LogP contribution in [0.2, 0.25) is 0 Å². The number of nitrogens with one attached hydrogen (secondary N) is 2. The molecule has 2 rings (SSSR count). The van der Waals surface area contributed by atoms with E-state index in [9.17, 15) is 19.7 Å². The van der Waals surface area contributed by atoms with Gasteiger partial charge in [0.2, 0.25) is 0 Å². The molecule has 2 aromatic rings. The van der Waals surface area contributed by atoms with Gasteiger partial charge in [-0.2, -0.15) is 0 Å². The summed E-state index contributed by atoms with van der Waals surface area (Å²) < 4.78 is 5.28. The Hall–Kier alpha value is -3.42. The number of ether oxygens (including phenoxy) is 1. The van der Waals surface area contributed by atoms with Crippen LogP contribution in [0.1, 0.15) is 16.7 Å². The smallest absolute Gasteiger partial charge is 0.325 e. The van der Waals surface area contributed by atoms with Crippen LogP contribution in [0.4, 0.5) is 16.2 Å². The molecule has 0 atom stereocenters. The molecule has 3 amide bonds. The van der Waals surface area contributed by atoms with Gasteiger partial charge in [-0.1, -0.05) is 23.8 Å². The molecule has 0 heterocycles. The standard InChI is InChI=1S/C18H19N3O5/c1-11-7-8-14(12(2)9-11)19-18(23)20-17(22)10-26-16-6-4-5-15(13(16)3)21(24)25/h4-9H,10H2,1-3H3,(H2,19,20,22,23). The molecule has 0 unspecified atom stereocenters. The van der Waals surface area contributed by atoms with Crippen LogP contribution in [0.15, 0.2) is 36.4 Å². The number of nitro benzene ring substituents is 1. The fourth-order valence-corrected chi connectivity index (χ4v) is 2.37. The van der Waals surface area contributed by atoms with E-state index in [0.717, 1.165) is 11.1 Å². The van der Waals surface area contributed by atoms with Crippen molar-refractivity contribution in [3.05, 3.63) is 63.2 Å². The highest BCUT2D eigenvalue weighted by atomic mass is 16.6. The Bertz CT molecular complexity index is 864. The molecule has 2 N–H and O–H groups in total. The van der Waals surface area contributed by atoms with Crippen molar-refractivity contribution >= 4 is 23.3 Å². The molecule has 8 heteroatoms. The number of amides is 3. The maximum Gasteiger partial charge on any atom is 0.325 e. The van der Waals surface area contributed by atoms with E-state index in [1.165, 1.54) is 25.1 Å². The molecule has 0 saturated carbocycles. The molecule has 0 bridgehead atoms. The molecule has 0 aliphatic rings. The number of nitrogens with zero attached hydrogens (tertiary/aromatic N) is 1. The predicted molar refractivity (Wildman–Crippen MR) is 96.4 cm³/mol. The first-order valence-electron chi connectivity index (χ1n) is 7.83. The highest BCUT2D eigenvalue weighted by Gasteiger charge is 2.16. The molecule has 0 radical (unpaired) electrons. The van der Waals surface area contributed by atoms with Crippen molar-refractivity contribution in [2.24, 2.45) is 0 Å².